The maximum Gasteiger partial charge on any atom is 0.230 e. The smallest absolute Gasteiger partial charge is 0.230 e. The van der Waals surface area contributed by atoms with Gasteiger partial charge >= 0.3 is 0 Å². The van der Waals surface area contributed by atoms with Crippen LogP contribution in [0.1, 0.15) is 46.5 Å². The molecule has 0 aliphatic rings. The Hall–Kier alpha value is -1.51. The number of anilines is 2. The van der Waals surface area contributed by atoms with Crippen LogP contribution in [0.15, 0.2) is 24.3 Å². The van der Waals surface area contributed by atoms with Gasteiger partial charge in [0.05, 0.1) is 0 Å². The molecule has 0 saturated carbocycles. The first-order valence-corrected chi connectivity index (χ1v) is 7.30. The maximum absolute atomic E-state index is 12.6. The van der Waals surface area contributed by atoms with Crippen molar-refractivity contribution in [2.24, 2.45) is 5.92 Å². The van der Waals surface area contributed by atoms with E-state index in [1.165, 1.54) is 0 Å². The molecule has 3 nitrogen and oxygen atoms in total. The fourth-order valence-electron chi connectivity index (χ4n) is 2.43. The second kappa shape index (κ2) is 7.82. The third kappa shape index (κ3) is 4.27. The van der Waals surface area contributed by atoms with E-state index in [0.29, 0.717) is 6.54 Å². The van der Waals surface area contributed by atoms with Gasteiger partial charge in [-0.2, -0.15) is 0 Å². The second-order valence-electron chi connectivity index (χ2n) is 4.95. The zero-order valence-electron chi connectivity index (χ0n) is 12.4. The number of nitrogens with zero attached hydrogens (tertiary/aromatic N) is 1. The molecule has 1 amide bonds. The Balaban J connectivity index is 2.88. The van der Waals surface area contributed by atoms with Gasteiger partial charge in [-0.1, -0.05) is 26.7 Å². The molecule has 0 bridgehead atoms. The molecule has 0 aliphatic carbocycles. The van der Waals surface area contributed by atoms with Crippen LogP contribution in [0.4, 0.5) is 11.4 Å². The number of rotatable bonds is 7. The SMILES string of the molecule is CCCC(CCC)C(=O)N(CC)c1ccc(N)cc1. The fraction of sp³-hybridized carbons (Fsp3) is 0.562. The topological polar surface area (TPSA) is 46.3 Å². The summed E-state index contributed by atoms with van der Waals surface area (Å²) in [5.74, 6) is 0.392. The van der Waals surface area contributed by atoms with Crippen LogP contribution in [0.5, 0.6) is 0 Å². The van der Waals surface area contributed by atoms with Gasteiger partial charge in [-0.25, -0.2) is 0 Å². The van der Waals surface area contributed by atoms with Crippen molar-refractivity contribution in [1.29, 1.82) is 0 Å². The van der Waals surface area contributed by atoms with Crippen molar-refractivity contribution in [2.45, 2.75) is 46.5 Å². The molecule has 1 aromatic carbocycles. The molecule has 0 heterocycles. The minimum Gasteiger partial charge on any atom is -0.399 e. The molecule has 0 aliphatic heterocycles. The Labute approximate surface area is 116 Å². The molecule has 0 unspecified atom stereocenters. The number of nitrogen functional groups attached to an aromatic ring is 1. The normalized spacial score (nSPS) is 10.7. The summed E-state index contributed by atoms with van der Waals surface area (Å²) in [6, 6.07) is 7.54. The number of benzene rings is 1. The number of hydrogen-bond donors (Lipinski definition) is 1. The van der Waals surface area contributed by atoms with Crippen LogP contribution >= 0.6 is 0 Å². The zero-order chi connectivity index (χ0) is 14.3. The molecule has 0 fully saturated rings. The van der Waals surface area contributed by atoms with Gasteiger partial charge in [-0.15, -0.1) is 0 Å². The van der Waals surface area contributed by atoms with Gasteiger partial charge in [0.2, 0.25) is 5.91 Å². The summed E-state index contributed by atoms with van der Waals surface area (Å²) >= 11 is 0. The highest BCUT2D eigenvalue weighted by molar-refractivity contribution is 5.95. The van der Waals surface area contributed by atoms with Crippen molar-refractivity contribution in [3.05, 3.63) is 24.3 Å². The third-order valence-electron chi connectivity index (χ3n) is 3.41. The molecule has 0 saturated heterocycles. The van der Waals surface area contributed by atoms with E-state index in [9.17, 15) is 4.79 Å². The van der Waals surface area contributed by atoms with E-state index in [4.69, 9.17) is 5.73 Å². The quantitative estimate of drug-likeness (QED) is 0.759. The standard InChI is InChI=1S/C16H26N2O/c1-4-7-13(8-5-2)16(19)18(6-3)15-11-9-14(17)10-12-15/h9-13H,4-8,17H2,1-3H3. The number of amides is 1. The van der Waals surface area contributed by atoms with Crippen LogP contribution in [0.2, 0.25) is 0 Å². The summed E-state index contributed by atoms with van der Waals surface area (Å²) in [5, 5.41) is 0. The van der Waals surface area contributed by atoms with Crippen molar-refractivity contribution in [3.8, 4) is 0 Å². The largest absolute Gasteiger partial charge is 0.399 e. The minimum atomic E-state index is 0.146. The van der Waals surface area contributed by atoms with Gasteiger partial charge in [0.25, 0.3) is 0 Å². The minimum absolute atomic E-state index is 0.146. The highest BCUT2D eigenvalue weighted by Crippen LogP contribution is 2.22. The number of nitrogens with two attached hydrogens (primary N) is 1. The van der Waals surface area contributed by atoms with Crippen LogP contribution in [-0.2, 0) is 4.79 Å². The first-order valence-electron chi connectivity index (χ1n) is 7.30. The highest BCUT2D eigenvalue weighted by atomic mass is 16.2. The van der Waals surface area contributed by atoms with Gasteiger partial charge in [0.15, 0.2) is 0 Å². The van der Waals surface area contributed by atoms with Gasteiger partial charge in [-0.05, 0) is 44.0 Å². The van der Waals surface area contributed by atoms with Crippen LogP contribution in [-0.4, -0.2) is 12.5 Å². The number of carbonyl (C=O) groups excluding carboxylic acids is 1. The lowest BCUT2D eigenvalue weighted by Crippen LogP contribution is -2.36. The van der Waals surface area contributed by atoms with E-state index < -0.39 is 0 Å². The van der Waals surface area contributed by atoms with Crippen molar-refractivity contribution >= 4 is 17.3 Å². The number of carbonyl (C=O) groups is 1. The molecule has 0 aromatic heterocycles. The first-order chi connectivity index (χ1) is 9.13. The molecule has 1 aromatic rings. The molecular formula is C16H26N2O. The van der Waals surface area contributed by atoms with E-state index in [-0.39, 0.29) is 11.8 Å². The summed E-state index contributed by atoms with van der Waals surface area (Å²) in [4.78, 5) is 14.5. The van der Waals surface area contributed by atoms with E-state index in [0.717, 1.165) is 37.1 Å². The van der Waals surface area contributed by atoms with Crippen LogP contribution < -0.4 is 10.6 Å². The van der Waals surface area contributed by atoms with Crippen LogP contribution in [0.25, 0.3) is 0 Å². The Morgan fingerprint density at radius 1 is 1.11 bits per heavy atom. The van der Waals surface area contributed by atoms with Gasteiger partial charge in [-0.3, -0.25) is 4.79 Å². The average Bonchev–Trinajstić information content (AvgIpc) is 2.41. The second-order valence-corrected chi connectivity index (χ2v) is 4.95. The lowest BCUT2D eigenvalue weighted by atomic mass is 9.96. The molecule has 19 heavy (non-hydrogen) atoms. The Morgan fingerprint density at radius 3 is 2.05 bits per heavy atom. The van der Waals surface area contributed by atoms with Crippen molar-refractivity contribution in [2.75, 3.05) is 17.2 Å². The maximum atomic E-state index is 12.6. The van der Waals surface area contributed by atoms with E-state index >= 15 is 0 Å². The molecule has 106 valence electrons. The van der Waals surface area contributed by atoms with E-state index in [1.54, 1.807) is 0 Å². The average molecular weight is 262 g/mol. The van der Waals surface area contributed by atoms with Gasteiger partial charge < -0.3 is 10.6 Å². The lowest BCUT2D eigenvalue weighted by molar-refractivity contribution is -0.122. The molecule has 0 spiro atoms. The van der Waals surface area contributed by atoms with Crippen molar-refractivity contribution in [1.82, 2.24) is 0 Å². The molecule has 1 rings (SSSR count). The first kappa shape index (κ1) is 15.5. The lowest BCUT2D eigenvalue weighted by Gasteiger charge is -2.26. The van der Waals surface area contributed by atoms with Gasteiger partial charge in [0.1, 0.15) is 0 Å². The zero-order valence-corrected chi connectivity index (χ0v) is 12.4. The van der Waals surface area contributed by atoms with Crippen LogP contribution in [0, 0.1) is 5.92 Å². The van der Waals surface area contributed by atoms with Crippen molar-refractivity contribution in [3.63, 3.8) is 0 Å². The Kier molecular flexibility index (Phi) is 6.40. The predicted octanol–water partition coefficient (Wildman–Crippen LogP) is 3.84. The molecule has 3 heteroatoms. The number of hydrogen-bond acceptors (Lipinski definition) is 2. The summed E-state index contributed by atoms with van der Waals surface area (Å²) in [6.45, 7) is 6.99. The molecular weight excluding hydrogens is 236 g/mol. The highest BCUT2D eigenvalue weighted by Gasteiger charge is 2.22. The Morgan fingerprint density at radius 2 is 1.63 bits per heavy atom. The summed E-state index contributed by atoms with van der Waals surface area (Å²) in [5.41, 5.74) is 7.37. The van der Waals surface area contributed by atoms with Crippen molar-refractivity contribution < 1.29 is 4.79 Å². The van der Waals surface area contributed by atoms with E-state index in [2.05, 4.69) is 13.8 Å². The summed E-state index contributed by atoms with van der Waals surface area (Å²) < 4.78 is 0. The predicted molar refractivity (Wildman–Crippen MR) is 82.2 cm³/mol. The Bertz CT molecular complexity index is 380. The van der Waals surface area contributed by atoms with Crippen LogP contribution in [0.3, 0.4) is 0 Å². The molecule has 0 atom stereocenters. The monoisotopic (exact) mass is 262 g/mol. The third-order valence-corrected chi connectivity index (χ3v) is 3.41. The fourth-order valence-corrected chi connectivity index (χ4v) is 2.43. The van der Waals surface area contributed by atoms with E-state index in [1.807, 2.05) is 36.1 Å². The summed E-state index contributed by atoms with van der Waals surface area (Å²) in [7, 11) is 0. The molecule has 2 N–H and O–H groups in total. The summed E-state index contributed by atoms with van der Waals surface area (Å²) in [6.07, 6.45) is 4.04. The van der Waals surface area contributed by atoms with Gasteiger partial charge in [0, 0.05) is 23.8 Å². The molecule has 0 radical (unpaired) electrons.